The van der Waals surface area contributed by atoms with Crippen molar-refractivity contribution in [3.63, 3.8) is 0 Å². The molecule has 0 saturated heterocycles. The Hall–Kier alpha value is -1.41. The maximum Gasteiger partial charge on any atom is 0.133 e. The number of aryl methyl sites for hydroxylation is 1. The molecule has 0 bridgehead atoms. The molecule has 0 radical (unpaired) electrons. The number of hydrogen-bond acceptors (Lipinski definition) is 2. The summed E-state index contributed by atoms with van der Waals surface area (Å²) >= 11 is 0. The van der Waals surface area contributed by atoms with Gasteiger partial charge in [0.05, 0.1) is 6.61 Å². The van der Waals surface area contributed by atoms with E-state index in [0.717, 1.165) is 32.1 Å². The zero-order chi connectivity index (χ0) is 13.5. The molecule has 1 aromatic carbocycles. The molecule has 1 fully saturated rings. The van der Waals surface area contributed by atoms with Crippen molar-refractivity contribution in [1.82, 2.24) is 0 Å². The van der Waals surface area contributed by atoms with Crippen LogP contribution in [0.3, 0.4) is 0 Å². The van der Waals surface area contributed by atoms with Gasteiger partial charge in [-0.15, -0.1) is 0 Å². The van der Waals surface area contributed by atoms with Gasteiger partial charge in [0.25, 0.3) is 0 Å². The minimum atomic E-state index is 0.418. The molecule has 2 heteroatoms. The van der Waals surface area contributed by atoms with Crippen LogP contribution < -0.4 is 0 Å². The summed E-state index contributed by atoms with van der Waals surface area (Å²) in [5.41, 5.74) is 2.58. The Balaban J connectivity index is 1.77. The number of benzene rings is 1. The molecule has 0 aromatic heterocycles. The first-order chi connectivity index (χ1) is 9.28. The van der Waals surface area contributed by atoms with Crippen LogP contribution in [0.15, 0.2) is 36.4 Å². The first-order valence-corrected chi connectivity index (χ1v) is 7.03. The molecule has 0 unspecified atom stereocenters. The van der Waals surface area contributed by atoms with Gasteiger partial charge >= 0.3 is 0 Å². The van der Waals surface area contributed by atoms with Gasteiger partial charge in [-0.05, 0) is 36.3 Å². The highest BCUT2D eigenvalue weighted by Gasteiger charge is 2.18. The van der Waals surface area contributed by atoms with Crippen molar-refractivity contribution < 1.29 is 9.53 Å². The van der Waals surface area contributed by atoms with Gasteiger partial charge in [0.15, 0.2) is 0 Å². The number of ether oxygens (including phenoxy) is 1. The normalized spacial score (nSPS) is 19.4. The fraction of sp³-hybridized carbons (Fsp3) is 0.471. The third-order valence-electron chi connectivity index (χ3n) is 3.59. The number of allylic oxidation sites excluding steroid dienone is 2. The van der Waals surface area contributed by atoms with Crippen LogP contribution >= 0.6 is 0 Å². The van der Waals surface area contributed by atoms with E-state index in [1.54, 1.807) is 7.11 Å². The van der Waals surface area contributed by atoms with Gasteiger partial charge in [0.1, 0.15) is 5.78 Å². The Morgan fingerprint density at radius 1 is 1.37 bits per heavy atom. The molecule has 0 heterocycles. The minimum Gasteiger partial charge on any atom is -0.380 e. The van der Waals surface area contributed by atoms with Gasteiger partial charge in [-0.1, -0.05) is 36.4 Å². The summed E-state index contributed by atoms with van der Waals surface area (Å²) in [6, 6.07) is 8.54. The summed E-state index contributed by atoms with van der Waals surface area (Å²) in [5, 5.41) is 0. The average Bonchev–Trinajstić information content (AvgIpc) is 2.82. The summed E-state index contributed by atoms with van der Waals surface area (Å²) in [6.07, 6.45) is 9.11. The lowest BCUT2D eigenvalue weighted by Gasteiger charge is -2.04. The molecular weight excluding hydrogens is 236 g/mol. The Kier molecular flexibility index (Phi) is 5.34. The Labute approximate surface area is 115 Å². The van der Waals surface area contributed by atoms with Crippen molar-refractivity contribution >= 4 is 5.78 Å². The number of Topliss-reactive ketones (excluding diaryl/α,β-unsaturated/α-hetero) is 1. The molecule has 0 N–H and O–H groups in total. The standard InChI is InChI=1S/C17H22O2/c1-19-13-16-8-4-7-14(11-16)5-2-3-6-15-9-10-17(18)12-15/h3-4,6-8,11,15H,2,5,9-10,12-13H2,1H3/b6-3+/t15-/m0/s1. The van der Waals surface area contributed by atoms with Crippen LogP contribution in [0.25, 0.3) is 0 Å². The van der Waals surface area contributed by atoms with E-state index in [0.29, 0.717) is 18.3 Å². The summed E-state index contributed by atoms with van der Waals surface area (Å²) in [7, 11) is 1.72. The lowest BCUT2D eigenvalue weighted by atomic mass is 10.0. The first kappa shape index (κ1) is 14.0. The van der Waals surface area contributed by atoms with Crippen molar-refractivity contribution in [2.75, 3.05) is 7.11 Å². The van der Waals surface area contributed by atoms with Crippen molar-refractivity contribution in [3.8, 4) is 0 Å². The van der Waals surface area contributed by atoms with Crippen molar-refractivity contribution in [2.24, 2.45) is 5.92 Å². The molecule has 1 atom stereocenters. The van der Waals surface area contributed by atoms with E-state index in [2.05, 4.69) is 36.4 Å². The van der Waals surface area contributed by atoms with Gasteiger partial charge in [-0.25, -0.2) is 0 Å². The highest BCUT2D eigenvalue weighted by atomic mass is 16.5. The largest absolute Gasteiger partial charge is 0.380 e. The summed E-state index contributed by atoms with van der Waals surface area (Å²) in [5.74, 6) is 0.911. The first-order valence-electron chi connectivity index (χ1n) is 7.03. The number of methoxy groups -OCH3 is 1. The zero-order valence-electron chi connectivity index (χ0n) is 11.6. The van der Waals surface area contributed by atoms with Crippen LogP contribution in [0.4, 0.5) is 0 Å². The van der Waals surface area contributed by atoms with E-state index in [1.165, 1.54) is 11.1 Å². The lowest BCUT2D eigenvalue weighted by molar-refractivity contribution is -0.117. The number of ketones is 1. The van der Waals surface area contributed by atoms with Crippen LogP contribution in [0.1, 0.15) is 36.8 Å². The predicted octanol–water partition coefficient (Wildman–Crippen LogP) is 3.69. The van der Waals surface area contributed by atoms with Gasteiger partial charge in [-0.3, -0.25) is 4.79 Å². The summed E-state index contributed by atoms with van der Waals surface area (Å²) < 4.78 is 5.14. The van der Waals surface area contributed by atoms with Crippen molar-refractivity contribution in [1.29, 1.82) is 0 Å². The summed E-state index contributed by atoms with van der Waals surface area (Å²) in [6.45, 7) is 0.674. The van der Waals surface area contributed by atoms with Gasteiger partial charge in [0.2, 0.25) is 0 Å². The van der Waals surface area contributed by atoms with Gasteiger partial charge < -0.3 is 4.74 Å². The van der Waals surface area contributed by atoms with Crippen LogP contribution in [0.5, 0.6) is 0 Å². The van der Waals surface area contributed by atoms with Crippen molar-refractivity contribution in [3.05, 3.63) is 47.5 Å². The molecule has 0 aliphatic heterocycles. The third-order valence-corrected chi connectivity index (χ3v) is 3.59. The molecule has 2 nitrogen and oxygen atoms in total. The van der Waals surface area contributed by atoms with E-state index in [-0.39, 0.29) is 0 Å². The van der Waals surface area contributed by atoms with E-state index in [4.69, 9.17) is 4.74 Å². The number of carbonyl (C=O) groups excluding carboxylic acids is 1. The van der Waals surface area contributed by atoms with Gasteiger partial charge in [-0.2, -0.15) is 0 Å². The molecule has 1 aliphatic rings. The van der Waals surface area contributed by atoms with E-state index in [1.807, 2.05) is 0 Å². The SMILES string of the molecule is COCc1cccc(CC/C=C/[C@H]2CCC(=O)C2)c1. The molecule has 1 aromatic rings. The molecule has 102 valence electrons. The highest BCUT2D eigenvalue weighted by Crippen LogP contribution is 2.23. The number of carbonyl (C=O) groups is 1. The molecule has 2 rings (SSSR count). The molecule has 0 amide bonds. The Morgan fingerprint density at radius 2 is 2.21 bits per heavy atom. The smallest absolute Gasteiger partial charge is 0.133 e. The number of hydrogen-bond donors (Lipinski definition) is 0. The average molecular weight is 258 g/mol. The Morgan fingerprint density at radius 3 is 2.95 bits per heavy atom. The molecule has 1 aliphatic carbocycles. The lowest BCUT2D eigenvalue weighted by Crippen LogP contribution is -1.92. The van der Waals surface area contributed by atoms with Crippen LogP contribution in [0.2, 0.25) is 0 Å². The van der Waals surface area contributed by atoms with E-state index >= 15 is 0 Å². The predicted molar refractivity (Wildman–Crippen MR) is 77.0 cm³/mol. The molecular formula is C17H22O2. The topological polar surface area (TPSA) is 26.3 Å². The highest BCUT2D eigenvalue weighted by molar-refractivity contribution is 5.80. The zero-order valence-corrected chi connectivity index (χ0v) is 11.6. The molecule has 19 heavy (non-hydrogen) atoms. The fourth-order valence-electron chi connectivity index (χ4n) is 2.59. The minimum absolute atomic E-state index is 0.418. The van der Waals surface area contributed by atoms with Crippen LogP contribution in [-0.2, 0) is 22.6 Å². The quantitative estimate of drug-likeness (QED) is 0.727. The van der Waals surface area contributed by atoms with Crippen LogP contribution in [0, 0.1) is 5.92 Å². The van der Waals surface area contributed by atoms with Gasteiger partial charge in [0, 0.05) is 20.0 Å². The fourth-order valence-corrected chi connectivity index (χ4v) is 2.59. The second kappa shape index (κ2) is 7.25. The Bertz CT molecular complexity index is 448. The monoisotopic (exact) mass is 258 g/mol. The van der Waals surface area contributed by atoms with Crippen molar-refractivity contribution in [2.45, 2.75) is 38.7 Å². The maximum atomic E-state index is 11.2. The number of rotatable bonds is 6. The maximum absolute atomic E-state index is 11.2. The molecule has 0 spiro atoms. The third kappa shape index (κ3) is 4.64. The van der Waals surface area contributed by atoms with Crippen LogP contribution in [-0.4, -0.2) is 12.9 Å². The second-order valence-corrected chi connectivity index (χ2v) is 5.26. The molecule has 1 saturated carbocycles. The summed E-state index contributed by atoms with van der Waals surface area (Å²) in [4.78, 5) is 11.2. The van der Waals surface area contributed by atoms with E-state index in [9.17, 15) is 4.79 Å². The van der Waals surface area contributed by atoms with E-state index < -0.39 is 0 Å². The second-order valence-electron chi connectivity index (χ2n) is 5.26.